The van der Waals surface area contributed by atoms with E-state index in [-0.39, 0.29) is 24.2 Å². The van der Waals surface area contributed by atoms with Gasteiger partial charge >= 0.3 is 0 Å². The molecule has 0 aliphatic heterocycles. The number of rotatable bonds is 8. The van der Waals surface area contributed by atoms with Crippen LogP contribution in [0.25, 0.3) is 0 Å². The summed E-state index contributed by atoms with van der Waals surface area (Å²) in [5.41, 5.74) is 6.40. The lowest BCUT2D eigenvalue weighted by Gasteiger charge is -2.30. The topological polar surface area (TPSA) is 64.7 Å². The van der Waals surface area contributed by atoms with Crippen LogP contribution in [-0.2, 0) is 4.74 Å². The molecule has 0 fully saturated rings. The second-order valence-electron chi connectivity index (χ2n) is 7.63. The molecule has 0 saturated carbocycles. The highest BCUT2D eigenvalue weighted by atomic mass is 16.5. The monoisotopic (exact) mass is 309 g/mol. The molecule has 0 unspecified atom stereocenters. The Bertz CT molecular complexity index is 452. The zero-order valence-electron chi connectivity index (χ0n) is 14.6. The van der Waals surface area contributed by atoms with Crippen molar-refractivity contribution < 1.29 is 14.6 Å². The molecule has 0 radical (unpaired) electrons. The van der Waals surface area contributed by atoms with Gasteiger partial charge in [0.05, 0.1) is 17.9 Å². The Labute approximate surface area is 134 Å². The van der Waals surface area contributed by atoms with E-state index in [1.165, 1.54) is 0 Å². The minimum Gasteiger partial charge on any atom is -0.489 e. The number of nitrogen functional groups attached to an aromatic ring is 1. The summed E-state index contributed by atoms with van der Waals surface area (Å²) in [6, 6.07) is 7.26. The number of para-hydroxylation sites is 2. The van der Waals surface area contributed by atoms with Gasteiger partial charge in [-0.2, -0.15) is 0 Å². The van der Waals surface area contributed by atoms with E-state index in [4.69, 9.17) is 15.2 Å². The van der Waals surface area contributed by atoms with Crippen molar-refractivity contribution in [1.82, 2.24) is 0 Å². The zero-order chi connectivity index (χ0) is 16.8. The lowest BCUT2D eigenvalue weighted by atomic mass is 9.86. The predicted molar refractivity (Wildman–Crippen MR) is 91.1 cm³/mol. The molecule has 126 valence electrons. The van der Waals surface area contributed by atoms with Crippen molar-refractivity contribution in [2.24, 2.45) is 5.41 Å². The van der Waals surface area contributed by atoms with Gasteiger partial charge in [0.25, 0.3) is 0 Å². The molecular weight excluding hydrogens is 278 g/mol. The molecule has 0 bridgehead atoms. The zero-order valence-corrected chi connectivity index (χ0v) is 14.6. The van der Waals surface area contributed by atoms with Crippen molar-refractivity contribution >= 4 is 5.69 Å². The summed E-state index contributed by atoms with van der Waals surface area (Å²) in [6.07, 6.45) is 1.36. The first-order valence-electron chi connectivity index (χ1n) is 7.88. The van der Waals surface area contributed by atoms with Gasteiger partial charge in [-0.15, -0.1) is 0 Å². The van der Waals surface area contributed by atoms with Gasteiger partial charge in [0.15, 0.2) is 0 Å². The molecule has 0 spiro atoms. The molecule has 0 aliphatic rings. The van der Waals surface area contributed by atoms with E-state index < -0.39 is 6.10 Å². The molecule has 0 heterocycles. The van der Waals surface area contributed by atoms with E-state index in [9.17, 15) is 5.11 Å². The SMILES string of the molecule is CC(C)(C)CCC(C)(C)OC[C@@H](O)COc1ccccc1N. The fourth-order valence-corrected chi connectivity index (χ4v) is 1.92. The minimum atomic E-state index is -0.673. The van der Waals surface area contributed by atoms with Crippen molar-refractivity contribution in [3.63, 3.8) is 0 Å². The maximum Gasteiger partial charge on any atom is 0.142 e. The van der Waals surface area contributed by atoms with E-state index in [0.29, 0.717) is 11.4 Å². The third kappa shape index (κ3) is 7.66. The van der Waals surface area contributed by atoms with Gasteiger partial charge < -0.3 is 20.3 Å². The first-order valence-corrected chi connectivity index (χ1v) is 7.88. The third-order valence-electron chi connectivity index (χ3n) is 3.49. The molecule has 0 aromatic heterocycles. The van der Waals surface area contributed by atoms with Gasteiger partial charge in [-0.1, -0.05) is 32.9 Å². The summed E-state index contributed by atoms with van der Waals surface area (Å²) in [7, 11) is 0. The third-order valence-corrected chi connectivity index (χ3v) is 3.49. The highest BCUT2D eigenvalue weighted by Gasteiger charge is 2.23. The van der Waals surface area contributed by atoms with Crippen molar-refractivity contribution in [2.45, 2.75) is 59.2 Å². The van der Waals surface area contributed by atoms with Gasteiger partial charge in [-0.3, -0.25) is 0 Å². The van der Waals surface area contributed by atoms with Crippen LogP contribution in [0.4, 0.5) is 5.69 Å². The largest absolute Gasteiger partial charge is 0.489 e. The highest BCUT2D eigenvalue weighted by molar-refractivity contribution is 5.51. The molecule has 3 N–H and O–H groups in total. The van der Waals surface area contributed by atoms with Crippen LogP contribution in [-0.4, -0.2) is 30.0 Å². The number of hydrogen-bond acceptors (Lipinski definition) is 4. The van der Waals surface area contributed by atoms with E-state index in [2.05, 4.69) is 34.6 Å². The molecular formula is C18H31NO3. The summed E-state index contributed by atoms with van der Waals surface area (Å²) in [5, 5.41) is 10.0. The number of anilines is 1. The molecule has 22 heavy (non-hydrogen) atoms. The first-order chi connectivity index (χ1) is 10.1. The van der Waals surface area contributed by atoms with Gasteiger partial charge in [0.1, 0.15) is 18.5 Å². The molecule has 4 heteroatoms. The van der Waals surface area contributed by atoms with Crippen LogP contribution in [0.5, 0.6) is 5.75 Å². The van der Waals surface area contributed by atoms with Crippen molar-refractivity contribution in [3.8, 4) is 5.75 Å². The average molecular weight is 309 g/mol. The molecule has 0 amide bonds. The second kappa shape index (κ2) is 7.84. The minimum absolute atomic E-state index is 0.170. The Balaban J connectivity index is 2.33. The number of nitrogens with two attached hydrogens (primary N) is 1. The molecule has 4 nitrogen and oxygen atoms in total. The quantitative estimate of drug-likeness (QED) is 0.720. The molecule has 1 rings (SSSR count). The Kier molecular flexibility index (Phi) is 6.69. The Morgan fingerprint density at radius 3 is 2.27 bits per heavy atom. The lowest BCUT2D eigenvalue weighted by Crippen LogP contribution is -2.33. The number of hydrogen-bond donors (Lipinski definition) is 2. The van der Waals surface area contributed by atoms with Gasteiger partial charge in [-0.05, 0) is 44.2 Å². The predicted octanol–water partition coefficient (Wildman–Crippen LogP) is 3.63. The smallest absolute Gasteiger partial charge is 0.142 e. The normalized spacial score (nSPS) is 13.9. The number of aliphatic hydroxyl groups excluding tert-OH is 1. The van der Waals surface area contributed by atoms with Crippen LogP contribution < -0.4 is 10.5 Å². The molecule has 1 atom stereocenters. The first kappa shape index (κ1) is 18.8. The van der Waals surface area contributed by atoms with E-state index >= 15 is 0 Å². The van der Waals surface area contributed by atoms with Crippen LogP contribution in [0, 0.1) is 5.41 Å². The second-order valence-corrected chi connectivity index (χ2v) is 7.63. The number of ether oxygens (including phenoxy) is 2. The summed E-state index contributed by atoms with van der Waals surface area (Å²) < 4.78 is 11.4. The maximum absolute atomic E-state index is 10.0. The summed E-state index contributed by atoms with van der Waals surface area (Å²) in [6.45, 7) is 11.2. The maximum atomic E-state index is 10.0. The number of aliphatic hydroxyl groups is 1. The van der Waals surface area contributed by atoms with Crippen molar-refractivity contribution in [3.05, 3.63) is 24.3 Å². The molecule has 0 saturated heterocycles. The fraction of sp³-hybridized carbons (Fsp3) is 0.667. The van der Waals surface area contributed by atoms with E-state index in [1.54, 1.807) is 12.1 Å². The Hall–Kier alpha value is -1.26. The van der Waals surface area contributed by atoms with Crippen LogP contribution in [0.1, 0.15) is 47.5 Å². The van der Waals surface area contributed by atoms with E-state index in [1.807, 2.05) is 12.1 Å². The van der Waals surface area contributed by atoms with E-state index in [0.717, 1.165) is 12.8 Å². The molecule has 1 aromatic carbocycles. The van der Waals surface area contributed by atoms with Crippen LogP contribution in [0.15, 0.2) is 24.3 Å². The Morgan fingerprint density at radius 2 is 1.68 bits per heavy atom. The van der Waals surface area contributed by atoms with Crippen LogP contribution >= 0.6 is 0 Å². The fourth-order valence-electron chi connectivity index (χ4n) is 1.92. The molecule has 0 aliphatic carbocycles. The number of benzene rings is 1. The van der Waals surface area contributed by atoms with Crippen LogP contribution in [0.3, 0.4) is 0 Å². The van der Waals surface area contributed by atoms with Gasteiger partial charge in [0.2, 0.25) is 0 Å². The van der Waals surface area contributed by atoms with Crippen molar-refractivity contribution in [2.75, 3.05) is 18.9 Å². The standard InChI is InChI=1S/C18H31NO3/c1-17(2,3)10-11-18(4,5)22-13-14(20)12-21-16-9-7-6-8-15(16)19/h6-9,14,20H,10-13,19H2,1-5H3/t14-/m0/s1. The summed E-state index contributed by atoms with van der Waals surface area (Å²) in [4.78, 5) is 0. The summed E-state index contributed by atoms with van der Waals surface area (Å²) in [5.74, 6) is 0.591. The van der Waals surface area contributed by atoms with Crippen LogP contribution in [0.2, 0.25) is 0 Å². The summed E-state index contributed by atoms with van der Waals surface area (Å²) >= 11 is 0. The average Bonchev–Trinajstić information content (AvgIpc) is 2.42. The van der Waals surface area contributed by atoms with Gasteiger partial charge in [0, 0.05) is 0 Å². The highest BCUT2D eigenvalue weighted by Crippen LogP contribution is 2.27. The van der Waals surface area contributed by atoms with Gasteiger partial charge in [-0.25, -0.2) is 0 Å². The molecule has 1 aromatic rings. The van der Waals surface area contributed by atoms with Crippen molar-refractivity contribution in [1.29, 1.82) is 0 Å². The Morgan fingerprint density at radius 1 is 1.05 bits per heavy atom. The lowest BCUT2D eigenvalue weighted by molar-refractivity contribution is -0.0752.